The molecule has 0 fully saturated rings. The number of aliphatic carboxylic acids is 1. The van der Waals surface area contributed by atoms with Crippen molar-refractivity contribution in [3.8, 4) is 5.75 Å². The smallest absolute Gasteiger partial charge is 0.333 e. The van der Waals surface area contributed by atoms with Crippen LogP contribution in [0.4, 0.5) is 5.69 Å². The SMILES string of the molecule is CCCC.CCOC(Cc1ccc(OCCn2c(CC)nc(C=N)c(NC)c2=O)cc1)C(=O)O.CO. The van der Waals surface area contributed by atoms with Crippen LogP contribution in [0, 0.1) is 5.41 Å². The number of carbonyl (C=O) groups is 1. The van der Waals surface area contributed by atoms with Crippen molar-refractivity contribution in [2.45, 2.75) is 66.0 Å². The molecule has 2 rings (SSSR count). The molecular formula is C26H42N4O6. The number of aliphatic hydroxyl groups is 1. The van der Waals surface area contributed by atoms with Gasteiger partial charge in [0.1, 0.15) is 29.6 Å². The van der Waals surface area contributed by atoms with Gasteiger partial charge in [-0.05, 0) is 24.6 Å². The number of carboxylic acid groups (broad SMARTS) is 1. The van der Waals surface area contributed by atoms with E-state index in [-0.39, 0.29) is 24.3 Å². The van der Waals surface area contributed by atoms with Crippen LogP contribution in [0.3, 0.4) is 0 Å². The Morgan fingerprint density at radius 3 is 2.22 bits per heavy atom. The Bertz CT molecular complexity index is 958. The summed E-state index contributed by atoms with van der Waals surface area (Å²) < 4.78 is 12.5. The Morgan fingerprint density at radius 2 is 1.78 bits per heavy atom. The highest BCUT2D eigenvalue weighted by atomic mass is 16.5. The van der Waals surface area contributed by atoms with E-state index in [9.17, 15) is 14.7 Å². The van der Waals surface area contributed by atoms with E-state index in [0.29, 0.717) is 36.8 Å². The lowest BCUT2D eigenvalue weighted by Crippen LogP contribution is -2.30. The Hall–Kier alpha value is -3.24. The van der Waals surface area contributed by atoms with Crippen LogP contribution in [0.1, 0.15) is 57.6 Å². The Balaban J connectivity index is 0.00000185. The molecule has 0 aliphatic rings. The second kappa shape index (κ2) is 19.0. The number of hydrogen-bond donors (Lipinski definition) is 4. The molecule has 10 nitrogen and oxygen atoms in total. The summed E-state index contributed by atoms with van der Waals surface area (Å²) in [6.07, 6.45) is 3.66. The van der Waals surface area contributed by atoms with Crippen molar-refractivity contribution in [2.24, 2.45) is 0 Å². The highest BCUT2D eigenvalue weighted by Gasteiger charge is 2.18. The van der Waals surface area contributed by atoms with Crippen LogP contribution in [0.5, 0.6) is 5.75 Å². The first-order valence-corrected chi connectivity index (χ1v) is 12.2. The van der Waals surface area contributed by atoms with Crippen LogP contribution in [0.15, 0.2) is 29.1 Å². The Kier molecular flexibility index (Phi) is 17.3. The highest BCUT2D eigenvalue weighted by molar-refractivity contribution is 5.82. The zero-order valence-corrected chi connectivity index (χ0v) is 22.3. The van der Waals surface area contributed by atoms with Crippen molar-refractivity contribution < 1.29 is 24.5 Å². The standard InChI is InChI=1S/C21H28N4O5.C4H10.CH4O/c1-4-18-24-16(13-22)19(23-3)20(26)25(18)10-11-30-15-8-6-14(7-9-15)12-17(21(27)28)29-5-2;1-3-4-2;1-2/h6-9,13,17,22-23H,4-5,10-12H2,1-3H3,(H,27,28);3-4H2,1-2H3;2H,1H3. The van der Waals surface area contributed by atoms with Crippen LogP contribution in [-0.4, -0.2) is 65.4 Å². The van der Waals surface area contributed by atoms with Gasteiger partial charge in [0.25, 0.3) is 5.56 Å². The molecule has 0 bridgehead atoms. The molecule has 1 heterocycles. The maximum absolute atomic E-state index is 12.7. The molecule has 1 unspecified atom stereocenters. The van der Waals surface area contributed by atoms with Crippen LogP contribution in [0.2, 0.25) is 0 Å². The van der Waals surface area contributed by atoms with E-state index in [4.69, 9.17) is 20.0 Å². The van der Waals surface area contributed by atoms with E-state index in [1.807, 2.05) is 6.92 Å². The molecule has 2 aromatic rings. The third-order valence-electron chi connectivity index (χ3n) is 5.05. The quantitative estimate of drug-likeness (QED) is 0.302. The van der Waals surface area contributed by atoms with Crippen LogP contribution in [0.25, 0.3) is 0 Å². The summed E-state index contributed by atoms with van der Waals surface area (Å²) in [5.41, 5.74) is 1.20. The summed E-state index contributed by atoms with van der Waals surface area (Å²) in [5, 5.41) is 26.4. The molecule has 0 aliphatic carbocycles. The van der Waals surface area contributed by atoms with Gasteiger partial charge in [-0.25, -0.2) is 9.78 Å². The second-order valence-electron chi connectivity index (χ2n) is 7.47. The number of aromatic nitrogens is 2. The second-order valence-corrected chi connectivity index (χ2v) is 7.47. The zero-order valence-electron chi connectivity index (χ0n) is 22.3. The minimum absolute atomic E-state index is 0.238. The first-order chi connectivity index (χ1) is 17.4. The summed E-state index contributed by atoms with van der Waals surface area (Å²) in [7, 11) is 2.62. The fraction of sp³-hybridized carbons (Fsp3) is 0.538. The number of hydrogen-bond acceptors (Lipinski definition) is 8. The number of nitrogens with zero attached hydrogens (tertiary/aromatic N) is 2. The van der Waals surface area contributed by atoms with E-state index < -0.39 is 12.1 Å². The number of aliphatic hydroxyl groups excluding tert-OH is 1. The third-order valence-corrected chi connectivity index (χ3v) is 5.05. The van der Waals surface area contributed by atoms with Gasteiger partial charge in [0.2, 0.25) is 0 Å². The third kappa shape index (κ3) is 10.6. The average Bonchev–Trinajstić information content (AvgIpc) is 2.91. The molecule has 10 heteroatoms. The van der Waals surface area contributed by atoms with Crippen LogP contribution >= 0.6 is 0 Å². The number of benzene rings is 1. The molecule has 0 saturated heterocycles. The molecule has 4 N–H and O–H groups in total. The average molecular weight is 507 g/mol. The lowest BCUT2D eigenvalue weighted by atomic mass is 10.1. The fourth-order valence-corrected chi connectivity index (χ4v) is 3.07. The molecule has 0 amide bonds. The van der Waals surface area contributed by atoms with E-state index in [0.717, 1.165) is 18.9 Å². The van der Waals surface area contributed by atoms with Gasteiger partial charge in [0.15, 0.2) is 6.10 Å². The zero-order chi connectivity index (χ0) is 27.5. The molecule has 0 radical (unpaired) electrons. The first-order valence-electron chi connectivity index (χ1n) is 12.2. The van der Waals surface area contributed by atoms with Gasteiger partial charge in [-0.1, -0.05) is 45.7 Å². The summed E-state index contributed by atoms with van der Waals surface area (Å²) in [4.78, 5) is 28.3. The van der Waals surface area contributed by atoms with E-state index in [1.54, 1.807) is 42.8 Å². The van der Waals surface area contributed by atoms with Crippen molar-refractivity contribution in [3.05, 3.63) is 51.7 Å². The van der Waals surface area contributed by atoms with Gasteiger partial charge in [-0.15, -0.1) is 0 Å². The molecule has 1 atom stereocenters. The molecule has 36 heavy (non-hydrogen) atoms. The van der Waals surface area contributed by atoms with Crippen LogP contribution < -0.4 is 15.6 Å². The van der Waals surface area contributed by atoms with Crippen molar-refractivity contribution in [3.63, 3.8) is 0 Å². The Morgan fingerprint density at radius 1 is 1.17 bits per heavy atom. The van der Waals surface area contributed by atoms with E-state index in [1.165, 1.54) is 12.8 Å². The monoisotopic (exact) mass is 506 g/mol. The number of aryl methyl sites for hydroxylation is 1. The number of carboxylic acids is 1. The maximum atomic E-state index is 12.7. The van der Waals surface area contributed by atoms with Crippen molar-refractivity contribution in [1.29, 1.82) is 5.41 Å². The maximum Gasteiger partial charge on any atom is 0.333 e. The van der Waals surface area contributed by atoms with Crippen molar-refractivity contribution >= 4 is 17.9 Å². The lowest BCUT2D eigenvalue weighted by Gasteiger charge is -2.15. The van der Waals surface area contributed by atoms with Gasteiger partial charge >= 0.3 is 5.97 Å². The number of rotatable bonds is 13. The Labute approximate surface area is 213 Å². The lowest BCUT2D eigenvalue weighted by molar-refractivity contribution is -0.149. The number of unbranched alkanes of at least 4 members (excludes halogenated alkanes) is 1. The van der Waals surface area contributed by atoms with Crippen molar-refractivity contribution in [1.82, 2.24) is 9.55 Å². The molecule has 0 saturated carbocycles. The van der Waals surface area contributed by atoms with Gasteiger partial charge in [-0.2, -0.15) is 0 Å². The minimum atomic E-state index is -0.988. The molecule has 1 aromatic heterocycles. The molecule has 0 aliphatic heterocycles. The van der Waals surface area contributed by atoms with Crippen molar-refractivity contribution in [2.75, 3.05) is 32.7 Å². The highest BCUT2D eigenvalue weighted by Crippen LogP contribution is 2.15. The van der Waals surface area contributed by atoms with Gasteiger partial charge < -0.3 is 30.4 Å². The normalized spacial score (nSPS) is 10.8. The number of nitrogens with one attached hydrogen (secondary N) is 2. The van der Waals surface area contributed by atoms with Crippen LogP contribution in [-0.2, 0) is 28.9 Å². The summed E-state index contributed by atoms with van der Waals surface area (Å²) in [6, 6.07) is 7.12. The summed E-state index contributed by atoms with van der Waals surface area (Å²) in [6.45, 7) is 8.93. The van der Waals surface area contributed by atoms with E-state index >= 15 is 0 Å². The molecule has 1 aromatic carbocycles. The van der Waals surface area contributed by atoms with Gasteiger partial charge in [-0.3, -0.25) is 9.36 Å². The first kappa shape index (κ1) is 32.8. The topological polar surface area (TPSA) is 147 Å². The fourth-order valence-electron chi connectivity index (χ4n) is 3.07. The van der Waals surface area contributed by atoms with Gasteiger partial charge in [0, 0.05) is 39.8 Å². The summed E-state index contributed by atoms with van der Waals surface area (Å²) in [5.74, 6) is 0.219. The number of anilines is 1. The van der Waals surface area contributed by atoms with Gasteiger partial charge in [0.05, 0.1) is 6.54 Å². The summed E-state index contributed by atoms with van der Waals surface area (Å²) >= 11 is 0. The minimum Gasteiger partial charge on any atom is -0.492 e. The molecular weight excluding hydrogens is 464 g/mol. The predicted octanol–water partition coefficient (Wildman–Crippen LogP) is 3.37. The largest absolute Gasteiger partial charge is 0.492 e. The number of ether oxygens (including phenoxy) is 2. The molecule has 202 valence electrons. The van der Waals surface area contributed by atoms with E-state index in [2.05, 4.69) is 24.1 Å². The molecule has 0 spiro atoms. The predicted molar refractivity (Wildman–Crippen MR) is 143 cm³/mol.